The molecule has 25 heavy (non-hydrogen) atoms. The summed E-state index contributed by atoms with van der Waals surface area (Å²) in [6.07, 6.45) is 0.817. The van der Waals surface area contributed by atoms with Crippen LogP contribution >= 0.6 is 11.6 Å². The fraction of sp³-hybridized carbons (Fsp3) is 0.556. The third kappa shape index (κ3) is 7.22. The van der Waals surface area contributed by atoms with E-state index in [1.165, 1.54) is 12.1 Å². The van der Waals surface area contributed by atoms with Crippen molar-refractivity contribution >= 4 is 23.5 Å². The Morgan fingerprint density at radius 1 is 1.20 bits per heavy atom. The van der Waals surface area contributed by atoms with Crippen molar-refractivity contribution in [2.45, 2.75) is 34.1 Å². The van der Waals surface area contributed by atoms with Gasteiger partial charge in [-0.3, -0.25) is 4.79 Å². The number of hydrogen-bond acceptors (Lipinski definition) is 5. The van der Waals surface area contributed by atoms with Gasteiger partial charge < -0.3 is 19.5 Å². The first kappa shape index (κ1) is 21.1. The van der Waals surface area contributed by atoms with E-state index in [2.05, 4.69) is 5.32 Å². The number of ether oxygens (including phenoxy) is 3. The van der Waals surface area contributed by atoms with Gasteiger partial charge in [0.05, 0.1) is 23.8 Å². The molecule has 1 rings (SSSR count). The highest BCUT2D eigenvalue weighted by atomic mass is 35.5. The molecule has 0 saturated heterocycles. The predicted octanol–water partition coefficient (Wildman–Crippen LogP) is 3.46. The van der Waals surface area contributed by atoms with Crippen LogP contribution in [0.5, 0.6) is 11.5 Å². The van der Waals surface area contributed by atoms with Gasteiger partial charge in [-0.15, -0.1) is 0 Å². The summed E-state index contributed by atoms with van der Waals surface area (Å²) in [6, 6.07) is 2.96. The molecule has 1 aromatic rings. The molecule has 7 heteroatoms. The van der Waals surface area contributed by atoms with E-state index in [9.17, 15) is 9.59 Å². The van der Waals surface area contributed by atoms with Crippen LogP contribution in [0.2, 0.25) is 5.02 Å². The maximum atomic E-state index is 12.2. The second-order valence-corrected chi connectivity index (χ2v) is 6.25. The zero-order valence-corrected chi connectivity index (χ0v) is 15.9. The lowest BCUT2D eigenvalue weighted by atomic mass is 10.2. The highest BCUT2D eigenvalue weighted by Crippen LogP contribution is 2.37. The van der Waals surface area contributed by atoms with Gasteiger partial charge in [0.15, 0.2) is 18.1 Å². The predicted molar refractivity (Wildman–Crippen MR) is 96.5 cm³/mol. The van der Waals surface area contributed by atoms with Gasteiger partial charge in [0, 0.05) is 6.54 Å². The third-order valence-corrected chi connectivity index (χ3v) is 3.32. The summed E-state index contributed by atoms with van der Waals surface area (Å²) in [5.74, 6) is 0.102. The van der Waals surface area contributed by atoms with Crippen molar-refractivity contribution in [1.29, 1.82) is 0 Å². The van der Waals surface area contributed by atoms with Gasteiger partial charge in [-0.25, -0.2) is 4.79 Å². The van der Waals surface area contributed by atoms with Gasteiger partial charge in [0.2, 0.25) is 0 Å². The largest absolute Gasteiger partial charge is 0.490 e. The van der Waals surface area contributed by atoms with E-state index < -0.39 is 5.97 Å². The monoisotopic (exact) mass is 371 g/mol. The molecule has 0 atom stereocenters. The molecule has 6 nitrogen and oxygen atoms in total. The van der Waals surface area contributed by atoms with E-state index in [1.54, 1.807) is 0 Å². The molecule has 0 heterocycles. The van der Waals surface area contributed by atoms with E-state index in [0.717, 1.165) is 6.42 Å². The summed E-state index contributed by atoms with van der Waals surface area (Å²) < 4.78 is 16.1. The maximum Gasteiger partial charge on any atom is 0.338 e. The van der Waals surface area contributed by atoms with Gasteiger partial charge in [0.25, 0.3) is 5.91 Å². The summed E-state index contributed by atoms with van der Waals surface area (Å²) in [5, 5.41) is 2.94. The van der Waals surface area contributed by atoms with E-state index in [1.807, 2.05) is 27.7 Å². The summed E-state index contributed by atoms with van der Waals surface area (Å²) in [4.78, 5) is 23.8. The lowest BCUT2D eigenvalue weighted by Gasteiger charge is -2.14. The minimum absolute atomic E-state index is 0.203. The molecule has 0 radical (unpaired) electrons. The fourth-order valence-corrected chi connectivity index (χ4v) is 2.14. The summed E-state index contributed by atoms with van der Waals surface area (Å²) in [7, 11) is 0. The first-order valence-electron chi connectivity index (χ1n) is 8.41. The number of rotatable bonds is 10. The smallest absolute Gasteiger partial charge is 0.338 e. The first-order chi connectivity index (χ1) is 11.9. The quantitative estimate of drug-likeness (QED) is 0.637. The molecule has 0 bridgehead atoms. The van der Waals surface area contributed by atoms with E-state index in [4.69, 9.17) is 25.8 Å². The van der Waals surface area contributed by atoms with Crippen LogP contribution in [0, 0.1) is 5.92 Å². The molecule has 0 aromatic heterocycles. The van der Waals surface area contributed by atoms with Gasteiger partial charge in [0.1, 0.15) is 0 Å². The lowest BCUT2D eigenvalue weighted by Crippen LogP contribution is -2.31. The standard InChI is InChI=1S/C18H26ClNO5/c1-5-7-24-17-14(19)8-13(9-15(17)23-6-2)18(22)25-11-16(21)20-10-12(3)4/h8-9,12H,5-7,10-11H2,1-4H3,(H,20,21). The number of halogens is 1. The zero-order valence-electron chi connectivity index (χ0n) is 15.2. The molecule has 0 aliphatic carbocycles. The molecule has 140 valence electrons. The molecule has 1 N–H and O–H groups in total. The SMILES string of the molecule is CCCOc1c(Cl)cc(C(=O)OCC(=O)NCC(C)C)cc1OCC. The van der Waals surface area contributed by atoms with Gasteiger partial charge >= 0.3 is 5.97 Å². The first-order valence-corrected chi connectivity index (χ1v) is 8.79. The molecule has 0 fully saturated rings. The van der Waals surface area contributed by atoms with Crippen molar-refractivity contribution in [2.75, 3.05) is 26.4 Å². The van der Waals surface area contributed by atoms with Gasteiger partial charge in [-0.05, 0) is 31.4 Å². The number of esters is 1. The summed E-state index contributed by atoms with van der Waals surface area (Å²) in [6.45, 7) is 8.82. The average molecular weight is 372 g/mol. The number of hydrogen-bond donors (Lipinski definition) is 1. The van der Waals surface area contributed by atoms with Crippen molar-refractivity contribution in [3.8, 4) is 11.5 Å². The van der Waals surface area contributed by atoms with Crippen LogP contribution < -0.4 is 14.8 Å². The van der Waals surface area contributed by atoms with Crippen molar-refractivity contribution in [3.63, 3.8) is 0 Å². The fourth-order valence-electron chi connectivity index (χ4n) is 1.88. The molecular weight excluding hydrogens is 346 g/mol. The Hall–Kier alpha value is -1.95. The molecule has 0 aliphatic rings. The molecule has 1 amide bonds. The molecule has 0 spiro atoms. The Bertz CT molecular complexity index is 589. The Labute approximate surface area is 153 Å². The highest BCUT2D eigenvalue weighted by molar-refractivity contribution is 6.32. The van der Waals surface area contributed by atoms with Crippen LogP contribution in [0.4, 0.5) is 0 Å². The zero-order chi connectivity index (χ0) is 18.8. The number of nitrogens with one attached hydrogen (secondary N) is 1. The maximum absolute atomic E-state index is 12.2. The van der Waals surface area contributed by atoms with Crippen LogP contribution in [0.1, 0.15) is 44.5 Å². The summed E-state index contributed by atoms with van der Waals surface area (Å²) in [5.41, 5.74) is 0.203. The minimum atomic E-state index is -0.649. The molecule has 0 saturated carbocycles. The van der Waals surface area contributed by atoms with E-state index in [0.29, 0.717) is 37.2 Å². The second kappa shape index (κ2) is 10.8. The minimum Gasteiger partial charge on any atom is -0.490 e. The van der Waals surface area contributed by atoms with Crippen LogP contribution in [-0.4, -0.2) is 38.2 Å². The van der Waals surface area contributed by atoms with E-state index >= 15 is 0 Å². The second-order valence-electron chi connectivity index (χ2n) is 5.84. The van der Waals surface area contributed by atoms with Crippen LogP contribution in [0.25, 0.3) is 0 Å². The Balaban J connectivity index is 2.79. The summed E-state index contributed by atoms with van der Waals surface area (Å²) >= 11 is 6.21. The third-order valence-electron chi connectivity index (χ3n) is 3.04. The van der Waals surface area contributed by atoms with Crippen LogP contribution in [0.15, 0.2) is 12.1 Å². The van der Waals surface area contributed by atoms with Crippen molar-refractivity contribution in [1.82, 2.24) is 5.32 Å². The number of benzene rings is 1. The van der Waals surface area contributed by atoms with Gasteiger partial charge in [-0.2, -0.15) is 0 Å². The Kier molecular flexibility index (Phi) is 9.13. The Morgan fingerprint density at radius 3 is 2.52 bits per heavy atom. The molecule has 1 aromatic carbocycles. The van der Waals surface area contributed by atoms with E-state index in [-0.39, 0.29) is 23.1 Å². The number of carbonyl (C=O) groups is 2. The van der Waals surface area contributed by atoms with Crippen LogP contribution in [-0.2, 0) is 9.53 Å². The molecular formula is C18H26ClNO5. The van der Waals surface area contributed by atoms with Gasteiger partial charge in [-0.1, -0.05) is 32.4 Å². The topological polar surface area (TPSA) is 73.9 Å². The van der Waals surface area contributed by atoms with Crippen molar-refractivity contribution in [2.24, 2.45) is 5.92 Å². The number of amides is 1. The van der Waals surface area contributed by atoms with Crippen molar-refractivity contribution in [3.05, 3.63) is 22.7 Å². The normalized spacial score (nSPS) is 10.5. The lowest BCUT2D eigenvalue weighted by molar-refractivity contribution is -0.124. The molecule has 0 aliphatic heterocycles. The van der Waals surface area contributed by atoms with Crippen molar-refractivity contribution < 1.29 is 23.8 Å². The average Bonchev–Trinajstić information content (AvgIpc) is 2.57. The number of carbonyl (C=O) groups excluding carboxylic acids is 2. The van der Waals surface area contributed by atoms with Crippen LogP contribution in [0.3, 0.4) is 0 Å². The highest BCUT2D eigenvalue weighted by Gasteiger charge is 2.18. The Morgan fingerprint density at radius 2 is 1.92 bits per heavy atom. The molecule has 0 unspecified atom stereocenters.